The molecule has 0 spiro atoms. The molecule has 0 unspecified atom stereocenters. The fourth-order valence-corrected chi connectivity index (χ4v) is 0.203. The minimum absolute atomic E-state index is 0.237. The van der Waals surface area contributed by atoms with Gasteiger partial charge in [-0.25, -0.2) is 0 Å². The van der Waals surface area contributed by atoms with Crippen molar-refractivity contribution in [2.75, 3.05) is 0 Å². The predicted octanol–water partition coefficient (Wildman–Crippen LogP) is -0.737. The van der Waals surface area contributed by atoms with E-state index < -0.39 is 0 Å². The van der Waals surface area contributed by atoms with Crippen LogP contribution in [0.3, 0.4) is 0 Å². The van der Waals surface area contributed by atoms with Gasteiger partial charge in [-0.2, -0.15) is 5.10 Å². The van der Waals surface area contributed by atoms with Gasteiger partial charge in [0, 0.05) is 0 Å². The van der Waals surface area contributed by atoms with Crippen LogP contribution in [0, 0.1) is 0 Å². The lowest BCUT2D eigenvalue weighted by atomic mass is 11.1. The van der Waals surface area contributed by atoms with Crippen LogP contribution < -0.4 is 17.4 Å². The molecule has 0 aromatic carbocycles. The second kappa shape index (κ2) is 7.64. The highest BCUT2D eigenvalue weighted by molar-refractivity contribution is 5.77. The smallest absolute Gasteiger partial charge is 0.258 e. The zero-order valence-electron chi connectivity index (χ0n) is 6.39. The Kier molecular flexibility index (Phi) is 6.20. The lowest BCUT2D eigenvalue weighted by molar-refractivity contribution is 0.863. The molecular weight excluding hydrogens is 178 g/mol. The van der Waals surface area contributed by atoms with Crippen molar-refractivity contribution in [1.29, 1.82) is 0 Å². The summed E-state index contributed by atoms with van der Waals surface area (Å²) in [5.74, 6) is 9.16. The van der Waals surface area contributed by atoms with Crippen molar-refractivity contribution in [1.82, 2.24) is 0 Å². The molecule has 11 heteroatoms. The second-order valence-electron chi connectivity index (χ2n) is 1.33. The highest BCUT2D eigenvalue weighted by Gasteiger charge is 1.79. The maximum atomic E-state index is 5.01. The van der Waals surface area contributed by atoms with Crippen molar-refractivity contribution in [3.63, 3.8) is 0 Å². The summed E-state index contributed by atoms with van der Waals surface area (Å²) in [6, 6.07) is 0. The van der Waals surface area contributed by atoms with E-state index >= 15 is 0 Å². The van der Waals surface area contributed by atoms with E-state index in [1.165, 1.54) is 0 Å². The first-order valence-corrected chi connectivity index (χ1v) is 2.77. The van der Waals surface area contributed by atoms with Gasteiger partial charge < -0.3 is 17.4 Å². The van der Waals surface area contributed by atoms with Gasteiger partial charge >= 0.3 is 0 Å². The van der Waals surface area contributed by atoms with Crippen molar-refractivity contribution in [3.05, 3.63) is 0 Å². The third kappa shape index (κ3) is 7.44. The molecule has 0 aromatic rings. The van der Waals surface area contributed by atoms with Crippen molar-refractivity contribution in [2.45, 2.75) is 0 Å². The number of hydrogen-bond acceptors (Lipinski definition) is 4. The summed E-state index contributed by atoms with van der Waals surface area (Å²) < 4.78 is 0. The van der Waals surface area contributed by atoms with Crippen LogP contribution >= 0.6 is 0 Å². The molecule has 70 valence electrons. The van der Waals surface area contributed by atoms with E-state index in [9.17, 15) is 0 Å². The zero-order valence-corrected chi connectivity index (χ0v) is 6.39. The van der Waals surface area contributed by atoms with Crippen LogP contribution in [0.4, 0.5) is 0 Å². The van der Waals surface area contributed by atoms with Gasteiger partial charge in [-0.1, -0.05) is 5.11 Å². The van der Waals surface area contributed by atoms with Crippen LogP contribution in [-0.4, -0.2) is 12.3 Å². The summed E-state index contributed by atoms with van der Waals surface area (Å²) in [5.41, 5.74) is 5.01. The Labute approximate surface area is 72.1 Å². The first-order chi connectivity index (χ1) is 6.31. The molecule has 0 saturated carbocycles. The molecular formula is C2H7N11. The molecule has 0 saturated heterocycles. The highest BCUT2D eigenvalue weighted by Crippen LogP contribution is 1.81. The quantitative estimate of drug-likeness (QED) is 0.173. The number of guanidine groups is 1. The lowest BCUT2D eigenvalue weighted by Gasteiger charge is -1.79. The van der Waals surface area contributed by atoms with Crippen molar-refractivity contribution in [3.8, 4) is 0 Å². The molecule has 0 aromatic heterocycles. The lowest BCUT2D eigenvalue weighted by Crippen LogP contribution is -2.09. The standard InChI is InChI=1S/C2H7N11/c3-2(8-5)9-11-13-12-10-7-1-6-4/h1H,4-5H2,(H2,3,8). The van der Waals surface area contributed by atoms with E-state index in [0.29, 0.717) is 0 Å². The van der Waals surface area contributed by atoms with Crippen molar-refractivity contribution >= 4 is 12.3 Å². The monoisotopic (exact) mass is 185 g/mol. The molecule has 0 rings (SSSR count). The van der Waals surface area contributed by atoms with Crippen LogP contribution in [0.2, 0.25) is 0 Å². The van der Waals surface area contributed by atoms with E-state index in [0.717, 1.165) is 6.34 Å². The number of nitrogens with zero attached hydrogens (tertiary/aromatic N) is 8. The summed E-state index contributed by atoms with van der Waals surface area (Å²) in [6.07, 6.45) is 0.964. The summed E-state index contributed by atoms with van der Waals surface area (Å²) >= 11 is 0. The van der Waals surface area contributed by atoms with Crippen LogP contribution in [0.25, 0.3) is 0 Å². The fraction of sp³-hybridized carbons (Fsp3) is 0. The van der Waals surface area contributed by atoms with Gasteiger partial charge in [0.1, 0.15) is 0 Å². The van der Waals surface area contributed by atoms with Gasteiger partial charge in [0.05, 0.1) is 0 Å². The molecule has 0 aliphatic heterocycles. The molecule has 0 heterocycles. The van der Waals surface area contributed by atoms with E-state index in [-0.39, 0.29) is 5.96 Å². The second-order valence-corrected chi connectivity index (χ2v) is 1.33. The Hall–Kier alpha value is -2.46. The minimum atomic E-state index is -0.237. The van der Waals surface area contributed by atoms with E-state index in [2.05, 4.69) is 47.2 Å². The normalized spacial score (nSPS) is 14.3. The van der Waals surface area contributed by atoms with Gasteiger partial charge in [0.2, 0.25) is 0 Å². The van der Waals surface area contributed by atoms with E-state index in [1.54, 1.807) is 0 Å². The van der Waals surface area contributed by atoms with Gasteiger partial charge in [-0.15, -0.1) is 10.2 Å². The van der Waals surface area contributed by atoms with Crippen LogP contribution in [0.5, 0.6) is 0 Å². The topological polar surface area (TPSA) is 177 Å². The first-order valence-electron chi connectivity index (χ1n) is 2.77. The molecule has 0 fully saturated rings. The zero-order chi connectivity index (χ0) is 9.94. The molecule has 0 aliphatic rings. The largest absolute Gasteiger partial charge is 0.365 e. The third-order valence-corrected chi connectivity index (χ3v) is 0.569. The molecule has 0 bridgehead atoms. The van der Waals surface area contributed by atoms with Gasteiger partial charge in [-0.05, 0) is 20.9 Å². The van der Waals surface area contributed by atoms with Crippen molar-refractivity contribution < 1.29 is 0 Å². The number of nitrogens with two attached hydrogens (primary N) is 3. The first kappa shape index (κ1) is 10.5. The van der Waals surface area contributed by atoms with Gasteiger partial charge in [0.15, 0.2) is 6.34 Å². The summed E-state index contributed by atoms with van der Waals surface area (Å²) in [4.78, 5) is 0. The molecule has 0 amide bonds. The predicted molar refractivity (Wildman–Crippen MR) is 43.1 cm³/mol. The Morgan fingerprint density at radius 2 is 1.69 bits per heavy atom. The number of hydrazone groups is 2. The molecule has 0 atom stereocenters. The maximum Gasteiger partial charge on any atom is 0.258 e. The fourth-order valence-electron chi connectivity index (χ4n) is 0.203. The number of hydrogen-bond donors (Lipinski definition) is 3. The summed E-state index contributed by atoms with van der Waals surface area (Å²) in [7, 11) is 0. The van der Waals surface area contributed by atoms with Crippen LogP contribution in [0.1, 0.15) is 0 Å². The SMILES string of the molecule is NN=CN=NN=NN=NC(N)=NN. The molecule has 6 N–H and O–H groups in total. The summed E-state index contributed by atoms with van der Waals surface area (Å²) in [5, 5.41) is 24.5. The highest BCUT2D eigenvalue weighted by atomic mass is 15.6. The molecule has 0 radical (unpaired) electrons. The number of rotatable bonds is 3. The van der Waals surface area contributed by atoms with Gasteiger partial charge in [-0.3, -0.25) is 0 Å². The molecule has 13 heavy (non-hydrogen) atoms. The average Bonchev–Trinajstić information content (AvgIpc) is 2.16. The van der Waals surface area contributed by atoms with Crippen LogP contribution in [-0.2, 0) is 0 Å². The Morgan fingerprint density at radius 1 is 1.00 bits per heavy atom. The van der Waals surface area contributed by atoms with Crippen molar-refractivity contribution in [2.24, 2.45) is 58.7 Å². The average molecular weight is 185 g/mol. The Bertz CT molecular complexity index is 255. The minimum Gasteiger partial charge on any atom is -0.365 e. The third-order valence-electron chi connectivity index (χ3n) is 0.569. The van der Waals surface area contributed by atoms with Crippen LogP contribution in [0.15, 0.2) is 41.3 Å². The van der Waals surface area contributed by atoms with E-state index in [4.69, 9.17) is 11.6 Å². The molecule has 0 aliphatic carbocycles. The van der Waals surface area contributed by atoms with E-state index in [1.807, 2.05) is 0 Å². The molecule has 11 nitrogen and oxygen atoms in total. The summed E-state index contributed by atoms with van der Waals surface area (Å²) in [6.45, 7) is 0. The Morgan fingerprint density at radius 3 is 2.31 bits per heavy atom. The maximum absolute atomic E-state index is 5.01. The Balaban J connectivity index is 3.82. The van der Waals surface area contributed by atoms with Gasteiger partial charge in [0.25, 0.3) is 5.96 Å².